The Morgan fingerprint density at radius 2 is 1.94 bits per heavy atom. The van der Waals surface area contributed by atoms with Gasteiger partial charge >= 0.3 is 0 Å². The SMILES string of the molecule is NCCCCCC1CCN(Cc2ccccc2)C1. The number of hydrogen-bond acceptors (Lipinski definition) is 2. The van der Waals surface area contributed by atoms with Crippen molar-refractivity contribution in [3.05, 3.63) is 35.9 Å². The highest BCUT2D eigenvalue weighted by Crippen LogP contribution is 2.23. The summed E-state index contributed by atoms with van der Waals surface area (Å²) in [6.45, 7) is 4.54. The fourth-order valence-corrected chi connectivity index (χ4v) is 2.89. The highest BCUT2D eigenvalue weighted by atomic mass is 15.1. The number of nitrogens with two attached hydrogens (primary N) is 1. The average molecular weight is 246 g/mol. The zero-order valence-electron chi connectivity index (χ0n) is 11.4. The van der Waals surface area contributed by atoms with E-state index in [9.17, 15) is 0 Å². The van der Waals surface area contributed by atoms with Crippen molar-refractivity contribution in [1.29, 1.82) is 0 Å². The number of rotatable bonds is 7. The molecule has 0 radical (unpaired) electrons. The predicted molar refractivity (Wildman–Crippen MR) is 77.3 cm³/mol. The van der Waals surface area contributed by atoms with E-state index in [4.69, 9.17) is 5.73 Å². The number of likely N-dealkylation sites (tertiary alicyclic amines) is 1. The molecule has 0 saturated carbocycles. The van der Waals surface area contributed by atoms with Crippen molar-refractivity contribution in [2.24, 2.45) is 11.7 Å². The van der Waals surface area contributed by atoms with Gasteiger partial charge in [0.25, 0.3) is 0 Å². The summed E-state index contributed by atoms with van der Waals surface area (Å²) in [5.41, 5.74) is 6.97. The molecule has 1 unspecified atom stereocenters. The summed E-state index contributed by atoms with van der Waals surface area (Å²) in [7, 11) is 0. The van der Waals surface area contributed by atoms with E-state index >= 15 is 0 Å². The van der Waals surface area contributed by atoms with Gasteiger partial charge in [-0.05, 0) is 43.8 Å². The van der Waals surface area contributed by atoms with Gasteiger partial charge in [0.15, 0.2) is 0 Å². The zero-order valence-corrected chi connectivity index (χ0v) is 11.4. The standard InChI is InChI=1S/C16H26N2/c17-11-6-2-5-9-16-10-12-18(14-16)13-15-7-3-1-4-8-15/h1,3-4,7-8,16H,2,5-6,9-14,17H2. The van der Waals surface area contributed by atoms with Gasteiger partial charge in [0.2, 0.25) is 0 Å². The molecule has 1 fully saturated rings. The first-order valence-electron chi connectivity index (χ1n) is 7.35. The largest absolute Gasteiger partial charge is 0.330 e. The van der Waals surface area contributed by atoms with E-state index in [-0.39, 0.29) is 0 Å². The molecule has 0 bridgehead atoms. The summed E-state index contributed by atoms with van der Waals surface area (Å²) in [5, 5.41) is 0. The predicted octanol–water partition coefficient (Wildman–Crippen LogP) is 3.03. The van der Waals surface area contributed by atoms with E-state index in [1.54, 1.807) is 0 Å². The van der Waals surface area contributed by atoms with Gasteiger partial charge in [-0.15, -0.1) is 0 Å². The van der Waals surface area contributed by atoms with Crippen molar-refractivity contribution in [3.63, 3.8) is 0 Å². The maximum atomic E-state index is 5.52. The van der Waals surface area contributed by atoms with Crippen LogP contribution in [0.4, 0.5) is 0 Å². The van der Waals surface area contributed by atoms with Gasteiger partial charge < -0.3 is 5.73 Å². The molecule has 0 aliphatic carbocycles. The van der Waals surface area contributed by atoms with Crippen molar-refractivity contribution in [2.75, 3.05) is 19.6 Å². The lowest BCUT2D eigenvalue weighted by atomic mass is 10.0. The molecule has 1 aliphatic rings. The molecule has 1 heterocycles. The van der Waals surface area contributed by atoms with Gasteiger partial charge in [-0.3, -0.25) is 4.90 Å². The van der Waals surface area contributed by atoms with Gasteiger partial charge in [0, 0.05) is 13.1 Å². The van der Waals surface area contributed by atoms with Gasteiger partial charge in [-0.25, -0.2) is 0 Å². The summed E-state index contributed by atoms with van der Waals surface area (Å²) in [6, 6.07) is 10.8. The second kappa shape index (κ2) is 7.55. The molecule has 0 amide bonds. The summed E-state index contributed by atoms with van der Waals surface area (Å²) in [6.07, 6.45) is 6.65. The molecule has 0 aromatic heterocycles. The fourth-order valence-electron chi connectivity index (χ4n) is 2.89. The molecule has 2 rings (SSSR count). The van der Waals surface area contributed by atoms with Crippen LogP contribution in [0.3, 0.4) is 0 Å². The third-order valence-electron chi connectivity index (χ3n) is 3.94. The molecular formula is C16H26N2. The molecule has 1 aromatic carbocycles. The number of nitrogens with zero attached hydrogens (tertiary/aromatic N) is 1. The van der Waals surface area contributed by atoms with Gasteiger partial charge in [-0.1, -0.05) is 43.2 Å². The first kappa shape index (κ1) is 13.6. The van der Waals surface area contributed by atoms with Crippen molar-refractivity contribution in [2.45, 2.75) is 38.6 Å². The van der Waals surface area contributed by atoms with Crippen LogP contribution in [-0.2, 0) is 6.54 Å². The molecule has 1 saturated heterocycles. The van der Waals surface area contributed by atoms with Gasteiger partial charge in [0.1, 0.15) is 0 Å². The summed E-state index contributed by atoms with van der Waals surface area (Å²) >= 11 is 0. The minimum absolute atomic E-state index is 0.852. The van der Waals surface area contributed by atoms with E-state index in [1.807, 2.05) is 0 Å². The van der Waals surface area contributed by atoms with Gasteiger partial charge in [0.05, 0.1) is 0 Å². The molecule has 2 N–H and O–H groups in total. The van der Waals surface area contributed by atoms with Crippen LogP contribution in [0.5, 0.6) is 0 Å². The monoisotopic (exact) mass is 246 g/mol. The molecule has 100 valence electrons. The Hall–Kier alpha value is -0.860. The number of benzene rings is 1. The second-order valence-corrected chi connectivity index (χ2v) is 5.51. The van der Waals surface area contributed by atoms with Crippen LogP contribution < -0.4 is 5.73 Å². The third kappa shape index (κ3) is 4.43. The Morgan fingerprint density at radius 1 is 1.11 bits per heavy atom. The summed E-state index contributed by atoms with van der Waals surface area (Å²) in [5.74, 6) is 0.923. The van der Waals surface area contributed by atoms with E-state index in [0.29, 0.717) is 0 Å². The topological polar surface area (TPSA) is 29.3 Å². The van der Waals surface area contributed by atoms with Crippen LogP contribution in [-0.4, -0.2) is 24.5 Å². The Kier molecular flexibility index (Phi) is 5.69. The highest BCUT2D eigenvalue weighted by Gasteiger charge is 2.21. The first-order valence-corrected chi connectivity index (χ1v) is 7.35. The molecule has 2 heteroatoms. The Labute approximate surface area is 111 Å². The zero-order chi connectivity index (χ0) is 12.6. The van der Waals surface area contributed by atoms with E-state index in [1.165, 1.54) is 50.8 Å². The Bertz CT molecular complexity index is 323. The molecule has 1 atom stereocenters. The van der Waals surface area contributed by atoms with Crippen LogP contribution in [0.15, 0.2) is 30.3 Å². The van der Waals surface area contributed by atoms with Crippen LogP contribution in [0.25, 0.3) is 0 Å². The van der Waals surface area contributed by atoms with Crippen LogP contribution >= 0.6 is 0 Å². The smallest absolute Gasteiger partial charge is 0.0233 e. The number of hydrogen-bond donors (Lipinski definition) is 1. The van der Waals surface area contributed by atoms with Crippen molar-refractivity contribution in [1.82, 2.24) is 4.90 Å². The lowest BCUT2D eigenvalue weighted by molar-refractivity contribution is 0.311. The molecule has 0 spiro atoms. The summed E-state index contributed by atoms with van der Waals surface area (Å²) < 4.78 is 0. The molecule has 2 nitrogen and oxygen atoms in total. The molecule has 1 aliphatic heterocycles. The maximum Gasteiger partial charge on any atom is 0.0233 e. The Balaban J connectivity index is 1.65. The highest BCUT2D eigenvalue weighted by molar-refractivity contribution is 5.14. The van der Waals surface area contributed by atoms with Crippen LogP contribution in [0.1, 0.15) is 37.7 Å². The maximum absolute atomic E-state index is 5.52. The van der Waals surface area contributed by atoms with Crippen LogP contribution in [0.2, 0.25) is 0 Å². The fraction of sp³-hybridized carbons (Fsp3) is 0.625. The minimum atomic E-state index is 0.852. The van der Waals surface area contributed by atoms with Crippen LogP contribution in [0, 0.1) is 5.92 Å². The third-order valence-corrected chi connectivity index (χ3v) is 3.94. The number of unbranched alkanes of at least 4 members (excludes halogenated alkanes) is 2. The molecule has 1 aromatic rings. The van der Waals surface area contributed by atoms with Crippen molar-refractivity contribution >= 4 is 0 Å². The van der Waals surface area contributed by atoms with E-state index < -0.39 is 0 Å². The van der Waals surface area contributed by atoms with Crippen molar-refractivity contribution in [3.8, 4) is 0 Å². The van der Waals surface area contributed by atoms with E-state index in [0.717, 1.165) is 19.0 Å². The van der Waals surface area contributed by atoms with Crippen molar-refractivity contribution < 1.29 is 0 Å². The lowest BCUT2D eigenvalue weighted by Gasteiger charge is -2.16. The minimum Gasteiger partial charge on any atom is -0.330 e. The average Bonchev–Trinajstić information content (AvgIpc) is 2.84. The second-order valence-electron chi connectivity index (χ2n) is 5.51. The quantitative estimate of drug-likeness (QED) is 0.749. The van der Waals surface area contributed by atoms with Gasteiger partial charge in [-0.2, -0.15) is 0 Å². The summed E-state index contributed by atoms with van der Waals surface area (Å²) in [4.78, 5) is 2.60. The molecular weight excluding hydrogens is 220 g/mol. The Morgan fingerprint density at radius 3 is 2.72 bits per heavy atom. The first-order chi connectivity index (χ1) is 8.88. The normalized spacial score (nSPS) is 20.4. The van der Waals surface area contributed by atoms with E-state index in [2.05, 4.69) is 35.2 Å². The lowest BCUT2D eigenvalue weighted by Crippen LogP contribution is -2.20. The molecule has 18 heavy (non-hydrogen) atoms.